The van der Waals surface area contributed by atoms with Gasteiger partial charge in [0, 0.05) is 18.8 Å². The van der Waals surface area contributed by atoms with Crippen molar-refractivity contribution in [1.82, 2.24) is 15.5 Å². The number of likely N-dealkylation sites (N-methyl/N-ethyl adjacent to an activating group) is 1. The van der Waals surface area contributed by atoms with Gasteiger partial charge in [0.25, 0.3) is 0 Å². The average Bonchev–Trinajstić information content (AvgIpc) is 2.46. The van der Waals surface area contributed by atoms with Crippen LogP contribution in [0.15, 0.2) is 24.3 Å². The summed E-state index contributed by atoms with van der Waals surface area (Å²) >= 11 is 0. The zero-order chi connectivity index (χ0) is 17.4. The van der Waals surface area contributed by atoms with E-state index >= 15 is 0 Å². The molecule has 3 amide bonds. The largest absolute Gasteiger partial charge is 0.338 e. The monoisotopic (exact) mass is 320 g/mol. The number of carbonyl (C=O) groups excluding carboxylic acids is 2. The number of benzene rings is 1. The quantitative estimate of drug-likeness (QED) is 0.720. The predicted octanol–water partition coefficient (Wildman–Crippen LogP) is 2.03. The first kappa shape index (κ1) is 19.0. The van der Waals surface area contributed by atoms with E-state index in [1.165, 1.54) is 0 Å². The summed E-state index contributed by atoms with van der Waals surface area (Å²) in [6.45, 7) is 6.97. The number of urea groups is 1. The third-order valence-corrected chi connectivity index (χ3v) is 3.47. The van der Waals surface area contributed by atoms with Crippen LogP contribution in [0.1, 0.15) is 26.3 Å². The molecule has 0 saturated carbocycles. The van der Waals surface area contributed by atoms with E-state index in [-0.39, 0.29) is 23.9 Å². The fourth-order valence-electron chi connectivity index (χ4n) is 2.46. The van der Waals surface area contributed by atoms with Gasteiger partial charge >= 0.3 is 6.03 Å². The lowest BCUT2D eigenvalue weighted by molar-refractivity contribution is -0.121. The molecule has 0 saturated heterocycles. The van der Waals surface area contributed by atoms with E-state index in [1.54, 1.807) is 0 Å². The summed E-state index contributed by atoms with van der Waals surface area (Å²) in [4.78, 5) is 25.6. The second-order valence-electron chi connectivity index (χ2n) is 6.05. The van der Waals surface area contributed by atoms with Gasteiger partial charge in [-0.1, -0.05) is 26.0 Å². The second-order valence-corrected chi connectivity index (χ2v) is 6.05. The maximum absolute atomic E-state index is 12.3. The minimum atomic E-state index is -0.185. The van der Waals surface area contributed by atoms with E-state index in [4.69, 9.17) is 0 Å². The normalized spacial score (nSPS) is 12.1. The molecule has 0 heterocycles. The summed E-state index contributed by atoms with van der Waals surface area (Å²) in [5, 5.41) is 8.38. The number of nitrogens with zero attached hydrogens (tertiary/aromatic N) is 1. The van der Waals surface area contributed by atoms with Crippen LogP contribution in [0, 0.1) is 5.92 Å². The molecule has 0 aliphatic heterocycles. The molecule has 0 fully saturated rings. The number of rotatable bonds is 7. The first-order valence-corrected chi connectivity index (χ1v) is 7.93. The van der Waals surface area contributed by atoms with Gasteiger partial charge in [-0.05, 0) is 44.6 Å². The molecule has 1 atom stereocenters. The molecule has 0 unspecified atom stereocenters. The summed E-state index contributed by atoms with van der Waals surface area (Å²) in [6.07, 6.45) is 0. The van der Waals surface area contributed by atoms with E-state index in [0.29, 0.717) is 13.1 Å². The van der Waals surface area contributed by atoms with Crippen molar-refractivity contribution in [2.24, 2.45) is 5.92 Å². The lowest BCUT2D eigenvalue weighted by Crippen LogP contribution is -2.43. The van der Waals surface area contributed by atoms with Gasteiger partial charge in [0.15, 0.2) is 0 Å². The van der Waals surface area contributed by atoms with Gasteiger partial charge in [0.2, 0.25) is 5.91 Å². The Bertz CT molecular complexity index is 504. The van der Waals surface area contributed by atoms with Crippen molar-refractivity contribution >= 4 is 17.6 Å². The molecule has 0 spiro atoms. The summed E-state index contributed by atoms with van der Waals surface area (Å²) in [6, 6.07) is 7.12. The molecule has 0 aromatic heterocycles. The van der Waals surface area contributed by atoms with Gasteiger partial charge in [-0.2, -0.15) is 0 Å². The molecule has 0 aliphatic rings. The Hall–Kier alpha value is -2.08. The molecular weight excluding hydrogens is 292 g/mol. The molecule has 0 radical (unpaired) electrons. The Morgan fingerprint density at radius 1 is 1.09 bits per heavy atom. The van der Waals surface area contributed by atoms with Crippen LogP contribution in [0.25, 0.3) is 0 Å². The maximum Gasteiger partial charge on any atom is 0.315 e. The highest BCUT2D eigenvalue weighted by atomic mass is 16.2. The van der Waals surface area contributed by atoms with Gasteiger partial charge in [-0.15, -0.1) is 0 Å². The lowest BCUT2D eigenvalue weighted by atomic mass is 10.0. The topological polar surface area (TPSA) is 73.5 Å². The number of amides is 3. The number of nitrogens with one attached hydrogen (secondary N) is 3. The minimum Gasteiger partial charge on any atom is -0.338 e. The first-order valence-electron chi connectivity index (χ1n) is 7.93. The fraction of sp³-hybridized carbons (Fsp3) is 0.529. The highest BCUT2D eigenvalue weighted by Gasteiger charge is 2.24. The predicted molar refractivity (Wildman–Crippen MR) is 93.3 cm³/mol. The molecule has 6 heteroatoms. The summed E-state index contributed by atoms with van der Waals surface area (Å²) in [7, 11) is 3.81. The Morgan fingerprint density at radius 2 is 1.70 bits per heavy atom. The molecule has 128 valence electrons. The summed E-state index contributed by atoms with van der Waals surface area (Å²) < 4.78 is 0. The van der Waals surface area contributed by atoms with E-state index in [9.17, 15) is 9.59 Å². The SMILES string of the molecule is CCNC(=O)NCc1ccc(NC(=O)[C@@H](C(C)C)N(C)C)cc1. The van der Waals surface area contributed by atoms with Crippen LogP contribution < -0.4 is 16.0 Å². The van der Waals surface area contributed by atoms with Crippen molar-refractivity contribution in [3.8, 4) is 0 Å². The molecule has 6 nitrogen and oxygen atoms in total. The smallest absolute Gasteiger partial charge is 0.315 e. The minimum absolute atomic E-state index is 0.0156. The van der Waals surface area contributed by atoms with E-state index in [2.05, 4.69) is 16.0 Å². The zero-order valence-electron chi connectivity index (χ0n) is 14.6. The Balaban J connectivity index is 2.59. The van der Waals surface area contributed by atoms with E-state index in [0.717, 1.165) is 11.3 Å². The first-order chi connectivity index (χ1) is 10.8. The van der Waals surface area contributed by atoms with Crippen molar-refractivity contribution in [3.63, 3.8) is 0 Å². The molecule has 1 aromatic carbocycles. The highest BCUT2D eigenvalue weighted by molar-refractivity contribution is 5.95. The van der Waals surface area contributed by atoms with E-state index < -0.39 is 0 Å². The fourth-order valence-corrected chi connectivity index (χ4v) is 2.46. The van der Waals surface area contributed by atoms with Gasteiger partial charge in [0.05, 0.1) is 6.04 Å². The standard InChI is InChI=1S/C17H28N4O2/c1-6-18-17(23)19-11-13-7-9-14(10-8-13)20-16(22)15(12(2)3)21(4)5/h7-10,12,15H,6,11H2,1-5H3,(H,20,22)(H2,18,19,23)/t15-/m1/s1. The lowest BCUT2D eigenvalue weighted by Gasteiger charge is -2.26. The number of hydrogen-bond donors (Lipinski definition) is 3. The van der Waals surface area contributed by atoms with Crippen molar-refractivity contribution in [2.75, 3.05) is 26.0 Å². The van der Waals surface area contributed by atoms with Crippen LogP contribution in [-0.4, -0.2) is 43.5 Å². The van der Waals surface area contributed by atoms with E-state index in [1.807, 2.05) is 64.0 Å². The van der Waals surface area contributed by atoms with Crippen LogP contribution in [0.4, 0.5) is 10.5 Å². The Morgan fingerprint density at radius 3 is 2.17 bits per heavy atom. The van der Waals surface area contributed by atoms with Gasteiger partial charge in [0.1, 0.15) is 0 Å². The molecule has 0 aliphatic carbocycles. The molecule has 23 heavy (non-hydrogen) atoms. The van der Waals surface area contributed by atoms with Gasteiger partial charge in [-0.3, -0.25) is 9.69 Å². The molecular formula is C17H28N4O2. The van der Waals surface area contributed by atoms with Crippen LogP contribution in [-0.2, 0) is 11.3 Å². The van der Waals surface area contributed by atoms with Crippen molar-refractivity contribution < 1.29 is 9.59 Å². The molecule has 3 N–H and O–H groups in total. The number of carbonyl (C=O) groups is 2. The zero-order valence-corrected chi connectivity index (χ0v) is 14.6. The number of anilines is 1. The van der Waals surface area contributed by atoms with Crippen LogP contribution in [0.2, 0.25) is 0 Å². The third kappa shape index (κ3) is 6.28. The Labute approximate surface area is 138 Å². The van der Waals surface area contributed by atoms with Crippen LogP contribution in [0.5, 0.6) is 0 Å². The summed E-state index contributed by atoms with van der Waals surface area (Å²) in [5.41, 5.74) is 1.73. The summed E-state index contributed by atoms with van der Waals surface area (Å²) in [5.74, 6) is 0.212. The van der Waals surface area contributed by atoms with Crippen LogP contribution >= 0.6 is 0 Å². The van der Waals surface area contributed by atoms with Crippen molar-refractivity contribution in [3.05, 3.63) is 29.8 Å². The highest BCUT2D eigenvalue weighted by Crippen LogP contribution is 2.14. The van der Waals surface area contributed by atoms with Crippen molar-refractivity contribution in [2.45, 2.75) is 33.4 Å². The molecule has 0 bridgehead atoms. The Kier molecular flexibility index (Phi) is 7.54. The average molecular weight is 320 g/mol. The molecule has 1 aromatic rings. The van der Waals surface area contributed by atoms with Crippen LogP contribution in [0.3, 0.4) is 0 Å². The number of hydrogen-bond acceptors (Lipinski definition) is 3. The van der Waals surface area contributed by atoms with Gasteiger partial charge in [-0.25, -0.2) is 4.79 Å². The van der Waals surface area contributed by atoms with Crippen molar-refractivity contribution in [1.29, 1.82) is 0 Å². The molecule has 1 rings (SSSR count). The van der Waals surface area contributed by atoms with Gasteiger partial charge < -0.3 is 16.0 Å². The maximum atomic E-state index is 12.3. The second kappa shape index (κ2) is 9.15. The third-order valence-electron chi connectivity index (χ3n) is 3.47.